The van der Waals surface area contributed by atoms with Crippen molar-refractivity contribution in [1.82, 2.24) is 0 Å². The molecule has 0 saturated carbocycles. The van der Waals surface area contributed by atoms with Crippen molar-refractivity contribution in [2.45, 2.75) is 18.7 Å². The van der Waals surface area contributed by atoms with Gasteiger partial charge >= 0.3 is 78.0 Å². The van der Waals surface area contributed by atoms with Gasteiger partial charge in [-0.05, 0) is 0 Å². The number of benzene rings is 1. The van der Waals surface area contributed by atoms with Crippen LogP contribution in [0.5, 0.6) is 0 Å². The molecule has 1 aromatic rings. The summed E-state index contributed by atoms with van der Waals surface area (Å²) in [6.45, 7) is 4.06. The Morgan fingerprint density at radius 2 is 2.17 bits per heavy atom. The van der Waals surface area contributed by atoms with Gasteiger partial charge in [0.1, 0.15) is 0 Å². The van der Waals surface area contributed by atoms with E-state index in [1.54, 1.807) is 0 Å². The van der Waals surface area contributed by atoms with Crippen LogP contribution >= 0.6 is 0 Å². The standard InChI is InChI=1S/C10H10OSe/c1-6-3-4-9-8(5-6)10(11)7(2)12-9/h3-5,7H,1-2H3. The van der Waals surface area contributed by atoms with Crippen LogP contribution in [0.15, 0.2) is 18.2 Å². The number of rotatable bonds is 0. The maximum atomic E-state index is 11.6. The second-order valence-corrected chi connectivity index (χ2v) is 6.02. The number of carbonyl (C=O) groups excluding carboxylic acids is 1. The number of carbonyl (C=O) groups is 1. The molecule has 1 aliphatic rings. The summed E-state index contributed by atoms with van der Waals surface area (Å²) in [5.41, 5.74) is 2.16. The molecule has 1 aromatic carbocycles. The molecule has 0 N–H and O–H groups in total. The second kappa shape index (κ2) is 2.72. The van der Waals surface area contributed by atoms with Crippen molar-refractivity contribution >= 4 is 25.2 Å². The molecule has 1 nitrogen and oxygen atoms in total. The minimum atomic E-state index is 0.259. The first-order valence-corrected chi connectivity index (χ1v) is 5.84. The van der Waals surface area contributed by atoms with Crippen LogP contribution in [0.25, 0.3) is 0 Å². The third-order valence-electron chi connectivity index (χ3n) is 2.07. The van der Waals surface area contributed by atoms with E-state index in [2.05, 4.69) is 12.1 Å². The molecule has 0 amide bonds. The molecule has 1 heterocycles. The fourth-order valence-corrected chi connectivity index (χ4v) is 3.60. The van der Waals surface area contributed by atoms with E-state index in [-0.39, 0.29) is 4.82 Å². The molecular weight excluding hydrogens is 215 g/mol. The van der Waals surface area contributed by atoms with Gasteiger partial charge < -0.3 is 0 Å². The molecule has 0 radical (unpaired) electrons. The number of ketones is 1. The molecular formula is C10H10OSe. The monoisotopic (exact) mass is 226 g/mol. The summed E-state index contributed by atoms with van der Waals surface area (Å²) < 4.78 is 1.28. The van der Waals surface area contributed by atoms with Gasteiger partial charge in [0, 0.05) is 0 Å². The SMILES string of the molecule is Cc1ccc2c(c1)C(=O)C(C)[Se]2. The fraction of sp³-hybridized carbons (Fsp3) is 0.300. The van der Waals surface area contributed by atoms with Gasteiger partial charge in [-0.1, -0.05) is 0 Å². The van der Waals surface area contributed by atoms with Gasteiger partial charge in [0.2, 0.25) is 0 Å². The summed E-state index contributed by atoms with van der Waals surface area (Å²) in [7, 11) is 0. The number of hydrogen-bond acceptors (Lipinski definition) is 1. The normalized spacial score (nSPS) is 21.2. The van der Waals surface area contributed by atoms with Crippen LogP contribution in [0, 0.1) is 6.92 Å². The van der Waals surface area contributed by atoms with Crippen molar-refractivity contribution in [1.29, 1.82) is 0 Å². The van der Waals surface area contributed by atoms with E-state index in [0.717, 1.165) is 5.56 Å². The average Bonchev–Trinajstić information content (AvgIpc) is 2.31. The molecule has 1 atom stereocenters. The van der Waals surface area contributed by atoms with Crippen molar-refractivity contribution in [2.75, 3.05) is 0 Å². The van der Waals surface area contributed by atoms with E-state index in [9.17, 15) is 4.79 Å². The summed E-state index contributed by atoms with van der Waals surface area (Å²) in [5, 5.41) is 0. The first-order chi connectivity index (χ1) is 5.68. The fourth-order valence-electron chi connectivity index (χ4n) is 1.40. The average molecular weight is 225 g/mol. The van der Waals surface area contributed by atoms with E-state index in [1.165, 1.54) is 10.0 Å². The molecule has 62 valence electrons. The Kier molecular flexibility index (Phi) is 1.82. The third-order valence-corrected chi connectivity index (χ3v) is 4.54. The van der Waals surface area contributed by atoms with E-state index in [0.29, 0.717) is 20.7 Å². The van der Waals surface area contributed by atoms with Gasteiger partial charge in [0.05, 0.1) is 0 Å². The van der Waals surface area contributed by atoms with Crippen molar-refractivity contribution < 1.29 is 4.79 Å². The van der Waals surface area contributed by atoms with Crippen molar-refractivity contribution in [3.8, 4) is 0 Å². The number of fused-ring (bicyclic) bond motifs is 1. The first-order valence-electron chi connectivity index (χ1n) is 4.00. The molecule has 0 aliphatic carbocycles. The zero-order chi connectivity index (χ0) is 8.72. The Labute approximate surface area is 78.3 Å². The topological polar surface area (TPSA) is 17.1 Å². The Morgan fingerprint density at radius 3 is 2.92 bits per heavy atom. The molecule has 2 rings (SSSR count). The zero-order valence-electron chi connectivity index (χ0n) is 7.13. The van der Waals surface area contributed by atoms with Gasteiger partial charge in [-0.25, -0.2) is 0 Å². The number of aryl methyl sites for hydroxylation is 1. The summed E-state index contributed by atoms with van der Waals surface area (Å²) in [6.07, 6.45) is 0. The van der Waals surface area contributed by atoms with Gasteiger partial charge in [-0.2, -0.15) is 0 Å². The summed E-state index contributed by atoms with van der Waals surface area (Å²) in [4.78, 5) is 11.8. The van der Waals surface area contributed by atoms with Gasteiger partial charge in [-0.15, -0.1) is 0 Å². The van der Waals surface area contributed by atoms with Crippen LogP contribution in [0.2, 0.25) is 4.82 Å². The molecule has 0 aromatic heterocycles. The van der Waals surface area contributed by atoms with E-state index in [4.69, 9.17) is 0 Å². The van der Waals surface area contributed by atoms with E-state index < -0.39 is 0 Å². The van der Waals surface area contributed by atoms with Crippen LogP contribution in [-0.4, -0.2) is 20.7 Å². The predicted octanol–water partition coefficient (Wildman–Crippen LogP) is 1.33. The maximum absolute atomic E-state index is 11.6. The Morgan fingerprint density at radius 1 is 1.42 bits per heavy atom. The molecule has 1 unspecified atom stereocenters. The Bertz CT molecular complexity index is 344. The number of Topliss-reactive ketones (excluding diaryl/α,β-unsaturated/α-hetero) is 1. The second-order valence-electron chi connectivity index (χ2n) is 3.12. The van der Waals surface area contributed by atoms with Crippen LogP contribution < -0.4 is 4.46 Å². The van der Waals surface area contributed by atoms with Gasteiger partial charge in [0.25, 0.3) is 0 Å². The summed E-state index contributed by atoms with van der Waals surface area (Å²) in [6, 6.07) is 6.21. The Balaban J connectivity index is 2.56. The van der Waals surface area contributed by atoms with Crippen LogP contribution in [0.3, 0.4) is 0 Å². The zero-order valence-corrected chi connectivity index (χ0v) is 8.84. The molecule has 0 saturated heterocycles. The van der Waals surface area contributed by atoms with Crippen molar-refractivity contribution in [3.05, 3.63) is 29.3 Å². The minimum absolute atomic E-state index is 0.259. The molecule has 0 fully saturated rings. The summed E-state index contributed by atoms with van der Waals surface area (Å²) in [5.74, 6) is 0.341. The molecule has 0 bridgehead atoms. The number of hydrogen-bond donors (Lipinski definition) is 0. The van der Waals surface area contributed by atoms with Crippen LogP contribution in [0.4, 0.5) is 0 Å². The van der Waals surface area contributed by atoms with Crippen LogP contribution in [0.1, 0.15) is 22.8 Å². The van der Waals surface area contributed by atoms with E-state index in [1.807, 2.05) is 19.9 Å². The van der Waals surface area contributed by atoms with Crippen molar-refractivity contribution in [2.24, 2.45) is 0 Å². The van der Waals surface area contributed by atoms with Gasteiger partial charge in [-0.3, -0.25) is 0 Å². The molecule has 12 heavy (non-hydrogen) atoms. The third kappa shape index (κ3) is 1.12. The van der Waals surface area contributed by atoms with Crippen LogP contribution in [-0.2, 0) is 0 Å². The van der Waals surface area contributed by atoms with E-state index >= 15 is 0 Å². The first kappa shape index (κ1) is 8.03. The molecule has 1 aliphatic heterocycles. The van der Waals surface area contributed by atoms with Gasteiger partial charge in [0.15, 0.2) is 0 Å². The molecule has 2 heteroatoms. The molecule has 0 spiro atoms. The van der Waals surface area contributed by atoms with Crippen molar-refractivity contribution in [3.63, 3.8) is 0 Å². The summed E-state index contributed by atoms with van der Waals surface area (Å²) >= 11 is 0.375. The Hall–Kier alpha value is -0.591. The quantitative estimate of drug-likeness (QED) is 0.609. The predicted molar refractivity (Wildman–Crippen MR) is 50.3 cm³/mol.